The second-order valence-electron chi connectivity index (χ2n) is 4.05. The molecule has 1 aromatic heterocycles. The largest absolute Gasteiger partial charge is 0.466 e. The zero-order valence-electron chi connectivity index (χ0n) is 10.2. The van der Waals surface area contributed by atoms with Crippen molar-refractivity contribution in [2.24, 2.45) is 0 Å². The summed E-state index contributed by atoms with van der Waals surface area (Å²) in [7, 11) is 0. The van der Waals surface area contributed by atoms with Gasteiger partial charge >= 0.3 is 0 Å². The Morgan fingerprint density at radius 1 is 1.28 bits per heavy atom. The minimum absolute atomic E-state index is 0.314. The standard InChI is InChI=1S/C15H12FNO/c1-10-7-13(11(2)18-10)8-14(9-17)12-3-5-15(16)6-4-12/h3-8H,1-2H3/b14-8-. The van der Waals surface area contributed by atoms with Crippen molar-refractivity contribution in [2.45, 2.75) is 13.8 Å². The zero-order chi connectivity index (χ0) is 13.1. The van der Waals surface area contributed by atoms with Crippen molar-refractivity contribution < 1.29 is 8.81 Å². The van der Waals surface area contributed by atoms with Crippen molar-refractivity contribution in [1.29, 1.82) is 5.26 Å². The molecule has 0 spiro atoms. The monoisotopic (exact) mass is 241 g/mol. The van der Waals surface area contributed by atoms with Crippen molar-refractivity contribution in [3.05, 3.63) is 58.8 Å². The highest BCUT2D eigenvalue weighted by atomic mass is 19.1. The van der Waals surface area contributed by atoms with Crippen LogP contribution in [0.3, 0.4) is 0 Å². The van der Waals surface area contributed by atoms with Crippen molar-refractivity contribution in [1.82, 2.24) is 0 Å². The summed E-state index contributed by atoms with van der Waals surface area (Å²) >= 11 is 0. The molecule has 0 atom stereocenters. The van der Waals surface area contributed by atoms with E-state index in [1.165, 1.54) is 12.1 Å². The number of nitriles is 1. The Bertz CT molecular complexity index is 630. The van der Waals surface area contributed by atoms with E-state index in [9.17, 15) is 4.39 Å². The van der Waals surface area contributed by atoms with E-state index in [1.54, 1.807) is 18.2 Å². The van der Waals surface area contributed by atoms with Gasteiger partial charge in [-0.05, 0) is 43.7 Å². The Morgan fingerprint density at radius 3 is 2.44 bits per heavy atom. The lowest BCUT2D eigenvalue weighted by atomic mass is 10.0. The van der Waals surface area contributed by atoms with Crippen LogP contribution >= 0.6 is 0 Å². The van der Waals surface area contributed by atoms with Crippen LogP contribution in [-0.2, 0) is 0 Å². The lowest BCUT2D eigenvalue weighted by molar-refractivity contribution is 0.504. The molecule has 0 saturated carbocycles. The van der Waals surface area contributed by atoms with Crippen molar-refractivity contribution in [3.8, 4) is 6.07 Å². The number of benzene rings is 1. The van der Waals surface area contributed by atoms with Crippen LogP contribution in [-0.4, -0.2) is 0 Å². The molecule has 0 unspecified atom stereocenters. The van der Waals surface area contributed by atoms with Crippen LogP contribution in [0.25, 0.3) is 11.6 Å². The molecule has 0 radical (unpaired) electrons. The molecule has 0 aliphatic heterocycles. The fourth-order valence-corrected chi connectivity index (χ4v) is 1.76. The second-order valence-corrected chi connectivity index (χ2v) is 4.05. The Hall–Kier alpha value is -2.34. The van der Waals surface area contributed by atoms with Gasteiger partial charge in [-0.2, -0.15) is 5.26 Å². The Morgan fingerprint density at radius 2 is 1.94 bits per heavy atom. The molecule has 0 fully saturated rings. The first-order valence-electron chi connectivity index (χ1n) is 5.55. The Balaban J connectivity index is 2.43. The molecule has 0 bridgehead atoms. The molecule has 2 nitrogen and oxygen atoms in total. The summed E-state index contributed by atoms with van der Waals surface area (Å²) in [4.78, 5) is 0. The first kappa shape index (κ1) is 12.1. The first-order chi connectivity index (χ1) is 8.60. The van der Waals surface area contributed by atoms with Crippen LogP contribution in [0.2, 0.25) is 0 Å². The predicted octanol–water partition coefficient (Wildman–Crippen LogP) is 4.10. The molecule has 18 heavy (non-hydrogen) atoms. The van der Waals surface area contributed by atoms with Gasteiger partial charge in [-0.25, -0.2) is 4.39 Å². The van der Waals surface area contributed by atoms with Gasteiger partial charge in [0, 0.05) is 5.56 Å². The van der Waals surface area contributed by atoms with E-state index in [-0.39, 0.29) is 5.82 Å². The van der Waals surface area contributed by atoms with Crippen LogP contribution in [0.1, 0.15) is 22.6 Å². The molecular weight excluding hydrogens is 229 g/mol. The third-order valence-electron chi connectivity index (χ3n) is 2.65. The van der Waals surface area contributed by atoms with Crippen LogP contribution in [0.15, 0.2) is 34.7 Å². The average molecular weight is 241 g/mol. The third kappa shape index (κ3) is 2.49. The predicted molar refractivity (Wildman–Crippen MR) is 68.1 cm³/mol. The summed E-state index contributed by atoms with van der Waals surface area (Å²) in [5.74, 6) is 1.25. The van der Waals surface area contributed by atoms with Crippen LogP contribution < -0.4 is 0 Å². The maximum absolute atomic E-state index is 12.8. The quantitative estimate of drug-likeness (QED) is 0.742. The average Bonchev–Trinajstić information content (AvgIpc) is 2.66. The number of nitrogens with zero attached hydrogens (tertiary/aromatic N) is 1. The molecule has 1 aromatic carbocycles. The molecule has 0 amide bonds. The number of furan rings is 1. The van der Waals surface area contributed by atoms with E-state index in [0.717, 1.165) is 17.1 Å². The van der Waals surface area contributed by atoms with E-state index < -0.39 is 0 Å². The Kier molecular flexibility index (Phi) is 3.29. The second kappa shape index (κ2) is 4.89. The van der Waals surface area contributed by atoms with Crippen LogP contribution in [0, 0.1) is 31.0 Å². The maximum atomic E-state index is 12.8. The van der Waals surface area contributed by atoms with Gasteiger partial charge in [0.2, 0.25) is 0 Å². The molecule has 2 aromatic rings. The van der Waals surface area contributed by atoms with Crippen molar-refractivity contribution in [2.75, 3.05) is 0 Å². The molecule has 90 valence electrons. The summed E-state index contributed by atoms with van der Waals surface area (Å²) in [6, 6.07) is 9.85. The van der Waals surface area contributed by atoms with Crippen molar-refractivity contribution in [3.63, 3.8) is 0 Å². The molecule has 0 aliphatic carbocycles. The Labute approximate surface area is 105 Å². The number of rotatable bonds is 2. The highest BCUT2D eigenvalue weighted by molar-refractivity contribution is 5.89. The summed E-state index contributed by atoms with van der Waals surface area (Å²) in [5.41, 5.74) is 2.05. The zero-order valence-corrected chi connectivity index (χ0v) is 10.2. The van der Waals surface area contributed by atoms with Gasteiger partial charge in [0.15, 0.2) is 0 Å². The lowest BCUT2D eigenvalue weighted by Gasteiger charge is -1.98. The summed E-state index contributed by atoms with van der Waals surface area (Å²) in [5, 5.41) is 9.17. The van der Waals surface area contributed by atoms with Crippen molar-refractivity contribution >= 4 is 11.6 Å². The summed E-state index contributed by atoms with van der Waals surface area (Å²) in [6.45, 7) is 3.70. The topological polar surface area (TPSA) is 36.9 Å². The minimum atomic E-state index is -0.314. The van der Waals surface area contributed by atoms with Gasteiger partial charge in [0.05, 0.1) is 11.6 Å². The lowest BCUT2D eigenvalue weighted by Crippen LogP contribution is -1.83. The smallest absolute Gasteiger partial charge is 0.123 e. The molecule has 1 heterocycles. The minimum Gasteiger partial charge on any atom is -0.466 e. The number of hydrogen-bond acceptors (Lipinski definition) is 2. The van der Waals surface area contributed by atoms with E-state index in [2.05, 4.69) is 6.07 Å². The molecular formula is C15H12FNO. The number of hydrogen-bond donors (Lipinski definition) is 0. The van der Waals surface area contributed by atoms with E-state index in [0.29, 0.717) is 11.1 Å². The van der Waals surface area contributed by atoms with Crippen LogP contribution in [0.4, 0.5) is 4.39 Å². The fraction of sp³-hybridized carbons (Fsp3) is 0.133. The first-order valence-corrected chi connectivity index (χ1v) is 5.55. The molecule has 3 heteroatoms. The normalized spacial score (nSPS) is 11.3. The fourth-order valence-electron chi connectivity index (χ4n) is 1.76. The molecule has 0 saturated heterocycles. The third-order valence-corrected chi connectivity index (χ3v) is 2.65. The van der Waals surface area contributed by atoms with Gasteiger partial charge in [0.25, 0.3) is 0 Å². The number of halogens is 1. The highest BCUT2D eigenvalue weighted by Crippen LogP contribution is 2.22. The van der Waals surface area contributed by atoms with Gasteiger partial charge in [-0.15, -0.1) is 0 Å². The highest BCUT2D eigenvalue weighted by Gasteiger charge is 2.06. The van der Waals surface area contributed by atoms with Gasteiger partial charge < -0.3 is 4.42 Å². The maximum Gasteiger partial charge on any atom is 0.123 e. The van der Waals surface area contributed by atoms with E-state index >= 15 is 0 Å². The SMILES string of the molecule is Cc1cc(/C=C(/C#N)c2ccc(F)cc2)c(C)o1. The summed E-state index contributed by atoms with van der Waals surface area (Å²) in [6.07, 6.45) is 1.75. The van der Waals surface area contributed by atoms with E-state index in [1.807, 2.05) is 19.9 Å². The molecule has 0 aliphatic rings. The van der Waals surface area contributed by atoms with E-state index in [4.69, 9.17) is 9.68 Å². The summed E-state index contributed by atoms with van der Waals surface area (Å²) < 4.78 is 18.2. The van der Waals surface area contributed by atoms with Gasteiger partial charge in [-0.3, -0.25) is 0 Å². The number of allylic oxidation sites excluding steroid dienone is 1. The molecule has 0 N–H and O–H groups in total. The number of aryl methyl sites for hydroxylation is 2. The van der Waals surface area contributed by atoms with Gasteiger partial charge in [0.1, 0.15) is 17.3 Å². The van der Waals surface area contributed by atoms with Crippen LogP contribution in [0.5, 0.6) is 0 Å². The molecule has 2 rings (SSSR count). The van der Waals surface area contributed by atoms with Gasteiger partial charge in [-0.1, -0.05) is 12.1 Å².